The topological polar surface area (TPSA) is 65.4 Å². The van der Waals surface area contributed by atoms with Gasteiger partial charge in [0.25, 0.3) is 0 Å². The quantitative estimate of drug-likeness (QED) is 0.859. The van der Waals surface area contributed by atoms with Gasteiger partial charge in [-0.25, -0.2) is 9.66 Å². The summed E-state index contributed by atoms with van der Waals surface area (Å²) in [5, 5.41) is 4.40. The molecule has 0 saturated heterocycles. The van der Waals surface area contributed by atoms with Crippen molar-refractivity contribution in [2.45, 2.75) is 51.7 Å². The molecule has 0 aliphatic heterocycles. The van der Waals surface area contributed by atoms with Gasteiger partial charge in [-0.15, -0.1) is 0 Å². The summed E-state index contributed by atoms with van der Waals surface area (Å²) < 4.78 is 7.68. The van der Waals surface area contributed by atoms with Gasteiger partial charge >= 0.3 is 0 Å². The van der Waals surface area contributed by atoms with E-state index in [1.54, 1.807) is 4.68 Å². The van der Waals surface area contributed by atoms with Crippen LogP contribution in [0.4, 0.5) is 5.95 Å². The Kier molecular flexibility index (Phi) is 5.08. The average molecular weight is 312 g/mol. The molecule has 122 valence electrons. The van der Waals surface area contributed by atoms with Crippen LogP contribution < -0.4 is 5.73 Å². The molecular weight excluding hydrogens is 288 g/mol. The van der Waals surface area contributed by atoms with E-state index in [0.717, 1.165) is 16.8 Å². The summed E-state index contributed by atoms with van der Waals surface area (Å²) in [5.41, 5.74) is 8.87. The lowest BCUT2D eigenvalue weighted by Gasteiger charge is -2.22. The molecule has 0 atom stereocenters. The number of aryl methyl sites for hydroxylation is 1. The maximum absolute atomic E-state index is 6.08. The zero-order valence-corrected chi connectivity index (χ0v) is 13.6. The first-order chi connectivity index (χ1) is 11.2. The standard InChI is InChI=1S/C18H24N4O/c1-14-12-22(18(19)21-14)20-11-15-7-5-6-8-16(15)13-23-17-9-3-2-4-10-17/h5-8,11-12,17H,2-4,9-10,13H2,1H3,(H2,19,21). The summed E-state index contributed by atoms with van der Waals surface area (Å²) in [5.74, 6) is 0.398. The monoisotopic (exact) mass is 312 g/mol. The molecule has 3 rings (SSSR count). The van der Waals surface area contributed by atoms with E-state index in [4.69, 9.17) is 10.5 Å². The second kappa shape index (κ2) is 7.42. The third-order valence-electron chi connectivity index (χ3n) is 4.24. The summed E-state index contributed by atoms with van der Waals surface area (Å²) in [4.78, 5) is 4.15. The molecule has 1 aliphatic carbocycles. The highest BCUT2D eigenvalue weighted by molar-refractivity contribution is 5.81. The lowest BCUT2D eigenvalue weighted by molar-refractivity contribution is 0.0168. The maximum Gasteiger partial charge on any atom is 0.221 e. The predicted octanol–water partition coefficient (Wildman–Crippen LogP) is 3.51. The van der Waals surface area contributed by atoms with E-state index in [1.807, 2.05) is 37.5 Å². The summed E-state index contributed by atoms with van der Waals surface area (Å²) >= 11 is 0. The summed E-state index contributed by atoms with van der Waals surface area (Å²) in [6, 6.07) is 8.18. The van der Waals surface area contributed by atoms with Crippen LogP contribution in [0.1, 0.15) is 48.9 Å². The Balaban J connectivity index is 1.68. The molecule has 23 heavy (non-hydrogen) atoms. The molecule has 1 fully saturated rings. The lowest BCUT2D eigenvalue weighted by Crippen LogP contribution is -2.16. The Morgan fingerprint density at radius 3 is 2.83 bits per heavy atom. The van der Waals surface area contributed by atoms with E-state index in [1.165, 1.54) is 32.1 Å². The Labute approximate surface area is 137 Å². The molecule has 1 heterocycles. The van der Waals surface area contributed by atoms with Gasteiger partial charge < -0.3 is 10.5 Å². The van der Waals surface area contributed by atoms with Gasteiger partial charge in [-0.05, 0) is 25.3 Å². The van der Waals surface area contributed by atoms with Crippen molar-refractivity contribution in [1.82, 2.24) is 9.66 Å². The lowest BCUT2D eigenvalue weighted by atomic mass is 9.98. The molecule has 5 nitrogen and oxygen atoms in total. The zero-order chi connectivity index (χ0) is 16.1. The Bertz CT molecular complexity index is 671. The van der Waals surface area contributed by atoms with Crippen LogP contribution in [0, 0.1) is 6.92 Å². The van der Waals surface area contributed by atoms with Gasteiger partial charge in [-0.2, -0.15) is 5.10 Å². The molecule has 0 radical (unpaired) electrons. The average Bonchev–Trinajstić information content (AvgIpc) is 2.90. The summed E-state index contributed by atoms with van der Waals surface area (Å²) in [6.07, 6.45) is 10.3. The van der Waals surface area contributed by atoms with Gasteiger partial charge in [0.05, 0.1) is 30.8 Å². The van der Waals surface area contributed by atoms with E-state index in [0.29, 0.717) is 18.7 Å². The maximum atomic E-state index is 6.08. The normalized spacial score (nSPS) is 16.2. The van der Waals surface area contributed by atoms with E-state index >= 15 is 0 Å². The minimum atomic E-state index is 0.398. The number of ether oxygens (including phenoxy) is 1. The van der Waals surface area contributed by atoms with Crippen molar-refractivity contribution in [3.8, 4) is 0 Å². The number of nitrogens with zero attached hydrogens (tertiary/aromatic N) is 3. The Hall–Kier alpha value is -2.14. The number of nitrogens with two attached hydrogens (primary N) is 1. The predicted molar refractivity (Wildman–Crippen MR) is 92.5 cm³/mol. The van der Waals surface area contributed by atoms with Crippen LogP contribution in [-0.4, -0.2) is 22.0 Å². The van der Waals surface area contributed by atoms with Crippen molar-refractivity contribution in [3.63, 3.8) is 0 Å². The van der Waals surface area contributed by atoms with Crippen LogP contribution >= 0.6 is 0 Å². The Morgan fingerprint density at radius 1 is 1.30 bits per heavy atom. The number of rotatable bonds is 5. The smallest absolute Gasteiger partial charge is 0.221 e. The van der Waals surface area contributed by atoms with E-state index < -0.39 is 0 Å². The largest absolute Gasteiger partial charge is 0.374 e. The fourth-order valence-corrected chi connectivity index (χ4v) is 2.95. The number of nitrogen functional groups attached to an aromatic ring is 1. The van der Waals surface area contributed by atoms with Crippen molar-refractivity contribution in [2.75, 3.05) is 5.73 Å². The SMILES string of the molecule is Cc1cn(N=Cc2ccccc2COC2CCCCC2)c(N)n1. The molecule has 1 aliphatic rings. The van der Waals surface area contributed by atoms with E-state index in [9.17, 15) is 0 Å². The van der Waals surface area contributed by atoms with Crippen LogP contribution in [-0.2, 0) is 11.3 Å². The van der Waals surface area contributed by atoms with Crippen LogP contribution in [0.5, 0.6) is 0 Å². The molecule has 2 aromatic rings. The third kappa shape index (κ3) is 4.20. The van der Waals surface area contributed by atoms with Crippen molar-refractivity contribution in [2.24, 2.45) is 5.10 Å². The molecule has 1 aromatic carbocycles. The number of aromatic nitrogens is 2. The molecule has 0 bridgehead atoms. The number of benzene rings is 1. The van der Waals surface area contributed by atoms with Crippen LogP contribution in [0.3, 0.4) is 0 Å². The summed E-state index contributed by atoms with van der Waals surface area (Å²) in [6.45, 7) is 2.53. The van der Waals surface area contributed by atoms with Gasteiger partial charge in [0, 0.05) is 5.56 Å². The van der Waals surface area contributed by atoms with E-state index in [2.05, 4.69) is 16.2 Å². The van der Waals surface area contributed by atoms with Gasteiger partial charge in [0.1, 0.15) is 0 Å². The second-order valence-corrected chi connectivity index (χ2v) is 6.10. The minimum absolute atomic E-state index is 0.398. The number of anilines is 1. The zero-order valence-electron chi connectivity index (χ0n) is 13.6. The van der Waals surface area contributed by atoms with Crippen molar-refractivity contribution in [1.29, 1.82) is 0 Å². The highest BCUT2D eigenvalue weighted by atomic mass is 16.5. The van der Waals surface area contributed by atoms with Crippen molar-refractivity contribution in [3.05, 3.63) is 47.3 Å². The van der Waals surface area contributed by atoms with Crippen LogP contribution in [0.25, 0.3) is 0 Å². The molecule has 0 spiro atoms. The fourth-order valence-electron chi connectivity index (χ4n) is 2.95. The number of imidazole rings is 1. The Morgan fingerprint density at radius 2 is 2.09 bits per heavy atom. The number of hydrogen-bond donors (Lipinski definition) is 1. The highest BCUT2D eigenvalue weighted by Gasteiger charge is 2.14. The van der Waals surface area contributed by atoms with Crippen molar-refractivity contribution < 1.29 is 4.74 Å². The molecule has 2 N–H and O–H groups in total. The minimum Gasteiger partial charge on any atom is -0.374 e. The molecule has 0 amide bonds. The molecule has 1 aromatic heterocycles. The highest BCUT2D eigenvalue weighted by Crippen LogP contribution is 2.22. The van der Waals surface area contributed by atoms with Crippen molar-refractivity contribution >= 4 is 12.2 Å². The first kappa shape index (κ1) is 15.7. The first-order valence-electron chi connectivity index (χ1n) is 8.28. The van der Waals surface area contributed by atoms with Gasteiger partial charge in [0.15, 0.2) is 0 Å². The fraction of sp³-hybridized carbons (Fsp3) is 0.444. The van der Waals surface area contributed by atoms with Gasteiger partial charge in [0.2, 0.25) is 5.95 Å². The van der Waals surface area contributed by atoms with Gasteiger partial charge in [-0.3, -0.25) is 0 Å². The van der Waals surface area contributed by atoms with E-state index in [-0.39, 0.29) is 0 Å². The molecule has 5 heteroatoms. The summed E-state index contributed by atoms with van der Waals surface area (Å²) in [7, 11) is 0. The first-order valence-corrected chi connectivity index (χ1v) is 8.28. The molecule has 1 saturated carbocycles. The molecule has 0 unspecified atom stereocenters. The van der Waals surface area contributed by atoms with Crippen LogP contribution in [0.2, 0.25) is 0 Å². The molecular formula is C18H24N4O. The van der Waals surface area contributed by atoms with Crippen LogP contribution in [0.15, 0.2) is 35.6 Å². The third-order valence-corrected chi connectivity index (χ3v) is 4.24. The van der Waals surface area contributed by atoms with Gasteiger partial charge in [-0.1, -0.05) is 43.5 Å². The second-order valence-electron chi connectivity index (χ2n) is 6.10. The number of hydrogen-bond acceptors (Lipinski definition) is 4.